The van der Waals surface area contributed by atoms with Gasteiger partial charge in [0.25, 0.3) is 0 Å². The molecule has 3 fully saturated rings. The van der Waals surface area contributed by atoms with E-state index in [9.17, 15) is 9.59 Å². The van der Waals surface area contributed by atoms with Gasteiger partial charge in [0.05, 0.1) is 18.6 Å². The summed E-state index contributed by atoms with van der Waals surface area (Å²) in [6, 6.07) is 0. The third-order valence-electron chi connectivity index (χ3n) is 6.26. The monoisotopic (exact) mass is 410 g/mol. The first-order valence-electron chi connectivity index (χ1n) is 10.4. The number of methoxy groups -OCH3 is 1. The third-order valence-corrected chi connectivity index (χ3v) is 6.26. The Kier molecular flexibility index (Phi) is 6.55. The van der Waals surface area contributed by atoms with Gasteiger partial charge in [0.1, 0.15) is 23.4 Å². The minimum absolute atomic E-state index is 0.00138. The molecule has 1 saturated carbocycles. The van der Waals surface area contributed by atoms with Crippen LogP contribution in [0.4, 0.5) is 4.79 Å². The summed E-state index contributed by atoms with van der Waals surface area (Å²) in [7, 11) is 1.65. The molecular weight excluding hydrogens is 376 g/mol. The summed E-state index contributed by atoms with van der Waals surface area (Å²) in [5.74, 6) is -0.133. The highest BCUT2D eigenvalue weighted by Gasteiger charge is 2.72. The van der Waals surface area contributed by atoms with E-state index in [1.807, 2.05) is 0 Å². The molecule has 8 nitrogen and oxygen atoms in total. The number of allylic oxidation sites excluding steroid dienone is 1. The summed E-state index contributed by atoms with van der Waals surface area (Å²) >= 11 is 0. The van der Waals surface area contributed by atoms with Crippen molar-refractivity contribution in [2.75, 3.05) is 26.8 Å². The van der Waals surface area contributed by atoms with Gasteiger partial charge in [-0.3, -0.25) is 4.79 Å². The minimum Gasteiger partial charge on any atom is -0.443 e. The van der Waals surface area contributed by atoms with Crippen molar-refractivity contribution < 1.29 is 28.5 Å². The average molecular weight is 411 g/mol. The van der Waals surface area contributed by atoms with E-state index in [1.165, 1.54) is 12.5 Å². The Balaban J connectivity index is 1.62. The zero-order valence-corrected chi connectivity index (χ0v) is 18.1. The van der Waals surface area contributed by atoms with E-state index in [2.05, 4.69) is 37.5 Å². The van der Waals surface area contributed by atoms with Crippen molar-refractivity contribution in [2.45, 2.75) is 76.5 Å². The molecule has 2 N–H and O–H groups in total. The van der Waals surface area contributed by atoms with Crippen molar-refractivity contribution in [3.05, 3.63) is 11.6 Å². The SMILES string of the molecule is COC1C(OC(=O)NCCNC(C)=O)CCC2(CO2)C1C1(C)OC1CC=C(C)C. The van der Waals surface area contributed by atoms with Gasteiger partial charge in [-0.15, -0.1) is 0 Å². The molecule has 6 unspecified atom stereocenters. The van der Waals surface area contributed by atoms with Gasteiger partial charge in [0.15, 0.2) is 0 Å². The van der Waals surface area contributed by atoms with E-state index in [0.717, 1.165) is 12.8 Å². The van der Waals surface area contributed by atoms with Gasteiger partial charge in [-0.2, -0.15) is 0 Å². The van der Waals surface area contributed by atoms with Crippen molar-refractivity contribution in [3.63, 3.8) is 0 Å². The fraction of sp³-hybridized carbons (Fsp3) is 0.810. The summed E-state index contributed by atoms with van der Waals surface area (Å²) in [6.07, 6.45) is 3.50. The van der Waals surface area contributed by atoms with Crippen LogP contribution in [0.25, 0.3) is 0 Å². The Labute approximate surface area is 172 Å². The molecule has 1 aliphatic carbocycles. The summed E-state index contributed by atoms with van der Waals surface area (Å²) in [5, 5.41) is 5.31. The van der Waals surface area contributed by atoms with Gasteiger partial charge in [-0.05, 0) is 40.0 Å². The first-order chi connectivity index (χ1) is 13.7. The van der Waals surface area contributed by atoms with Crippen LogP contribution in [-0.4, -0.2) is 68.3 Å². The average Bonchev–Trinajstić information content (AvgIpc) is 3.56. The molecule has 0 aromatic heterocycles. The van der Waals surface area contributed by atoms with Gasteiger partial charge in [-0.1, -0.05) is 11.6 Å². The number of carbonyl (C=O) groups excluding carboxylic acids is 2. The predicted octanol–water partition coefficient (Wildman–Crippen LogP) is 1.93. The maximum Gasteiger partial charge on any atom is 0.407 e. The second-order valence-corrected chi connectivity index (χ2v) is 8.73. The lowest BCUT2D eigenvalue weighted by molar-refractivity contribution is -0.119. The molecule has 2 amide bonds. The van der Waals surface area contributed by atoms with Crippen molar-refractivity contribution >= 4 is 12.0 Å². The second kappa shape index (κ2) is 8.62. The summed E-state index contributed by atoms with van der Waals surface area (Å²) < 4.78 is 23.6. The standard InChI is InChI=1S/C21H34N2O6/c1-13(2)6-7-16-20(4,29-16)18-17(26-5)15(8-9-21(18)12-27-21)28-19(25)23-11-10-22-14(3)24/h6,15-18H,7-12H2,1-5H3,(H,22,24)(H,23,25). The van der Waals surface area contributed by atoms with E-state index in [0.29, 0.717) is 26.1 Å². The molecule has 3 aliphatic rings. The molecule has 3 rings (SSSR count). The quantitative estimate of drug-likeness (QED) is 0.360. The van der Waals surface area contributed by atoms with Gasteiger partial charge in [0, 0.05) is 27.1 Å². The smallest absolute Gasteiger partial charge is 0.407 e. The number of hydrogen-bond donors (Lipinski definition) is 2. The van der Waals surface area contributed by atoms with Crippen LogP contribution in [-0.2, 0) is 23.7 Å². The molecule has 2 heterocycles. The molecule has 2 saturated heterocycles. The fourth-order valence-corrected chi connectivity index (χ4v) is 4.65. The minimum atomic E-state index is -0.503. The van der Waals surface area contributed by atoms with Gasteiger partial charge in [0.2, 0.25) is 5.91 Å². The van der Waals surface area contributed by atoms with E-state index >= 15 is 0 Å². The van der Waals surface area contributed by atoms with Crippen LogP contribution in [0.2, 0.25) is 0 Å². The number of ether oxygens (including phenoxy) is 4. The van der Waals surface area contributed by atoms with Crippen LogP contribution in [0.1, 0.15) is 47.0 Å². The van der Waals surface area contributed by atoms with E-state index in [4.69, 9.17) is 18.9 Å². The molecule has 0 aromatic rings. The summed E-state index contributed by atoms with van der Waals surface area (Å²) in [6.45, 7) is 9.08. The lowest BCUT2D eigenvalue weighted by Gasteiger charge is -2.42. The molecule has 0 aromatic carbocycles. The molecule has 0 radical (unpaired) electrons. The predicted molar refractivity (Wildman–Crippen MR) is 106 cm³/mol. The van der Waals surface area contributed by atoms with Crippen LogP contribution in [0.15, 0.2) is 11.6 Å². The Hall–Kier alpha value is -1.64. The highest BCUT2D eigenvalue weighted by molar-refractivity contribution is 5.73. The topological polar surface area (TPSA) is 102 Å². The third kappa shape index (κ3) is 4.92. The van der Waals surface area contributed by atoms with E-state index < -0.39 is 6.09 Å². The first kappa shape index (κ1) is 22.1. The van der Waals surface area contributed by atoms with Crippen molar-refractivity contribution in [1.82, 2.24) is 10.6 Å². The lowest BCUT2D eigenvalue weighted by Crippen LogP contribution is -2.56. The van der Waals surface area contributed by atoms with Crippen LogP contribution < -0.4 is 10.6 Å². The highest BCUT2D eigenvalue weighted by atomic mass is 16.6. The largest absolute Gasteiger partial charge is 0.443 e. The van der Waals surface area contributed by atoms with Gasteiger partial charge in [-0.25, -0.2) is 4.79 Å². The molecule has 164 valence electrons. The number of carbonyl (C=O) groups is 2. The molecule has 29 heavy (non-hydrogen) atoms. The Bertz CT molecular complexity index is 658. The van der Waals surface area contributed by atoms with Gasteiger partial charge < -0.3 is 29.6 Å². The summed E-state index contributed by atoms with van der Waals surface area (Å²) in [5.41, 5.74) is 0.675. The Morgan fingerprint density at radius 3 is 2.48 bits per heavy atom. The fourth-order valence-electron chi connectivity index (χ4n) is 4.65. The highest BCUT2D eigenvalue weighted by Crippen LogP contribution is 2.59. The van der Waals surface area contributed by atoms with Crippen molar-refractivity contribution in [3.8, 4) is 0 Å². The van der Waals surface area contributed by atoms with Crippen LogP contribution >= 0.6 is 0 Å². The zero-order valence-electron chi connectivity index (χ0n) is 18.1. The number of amides is 2. The number of nitrogens with one attached hydrogen (secondary N) is 2. The Morgan fingerprint density at radius 2 is 1.90 bits per heavy atom. The first-order valence-corrected chi connectivity index (χ1v) is 10.4. The number of hydrogen-bond acceptors (Lipinski definition) is 6. The van der Waals surface area contributed by atoms with E-state index in [1.54, 1.807) is 7.11 Å². The number of alkyl carbamates (subject to hydrolysis) is 1. The maximum atomic E-state index is 12.2. The number of epoxide rings is 2. The molecule has 2 aliphatic heterocycles. The Morgan fingerprint density at radius 1 is 1.21 bits per heavy atom. The van der Waals surface area contributed by atoms with Crippen molar-refractivity contribution in [1.29, 1.82) is 0 Å². The summed E-state index contributed by atoms with van der Waals surface area (Å²) in [4.78, 5) is 23.1. The maximum absolute atomic E-state index is 12.2. The van der Waals surface area contributed by atoms with E-state index in [-0.39, 0.29) is 41.3 Å². The lowest BCUT2D eigenvalue weighted by atomic mass is 9.68. The van der Waals surface area contributed by atoms with Crippen LogP contribution in [0, 0.1) is 5.92 Å². The zero-order chi connectivity index (χ0) is 21.2. The molecular formula is C21H34N2O6. The van der Waals surface area contributed by atoms with Crippen LogP contribution in [0.3, 0.4) is 0 Å². The molecule has 1 spiro atoms. The molecule has 8 heteroatoms. The normalized spacial score (nSPS) is 37.6. The van der Waals surface area contributed by atoms with Gasteiger partial charge >= 0.3 is 6.09 Å². The molecule has 6 atom stereocenters. The number of rotatable bonds is 8. The van der Waals surface area contributed by atoms with Crippen LogP contribution in [0.5, 0.6) is 0 Å². The van der Waals surface area contributed by atoms with Crippen molar-refractivity contribution in [2.24, 2.45) is 5.92 Å². The molecule has 0 bridgehead atoms. The second-order valence-electron chi connectivity index (χ2n) is 8.73.